The van der Waals surface area contributed by atoms with Gasteiger partial charge in [0, 0.05) is 5.69 Å². The highest BCUT2D eigenvalue weighted by Crippen LogP contribution is 2.25. The lowest BCUT2D eigenvalue weighted by Crippen LogP contribution is -2.34. The number of fused-ring (bicyclic) bond motifs is 1. The Labute approximate surface area is 89.6 Å². The van der Waals surface area contributed by atoms with Gasteiger partial charge in [-0.15, -0.1) is 0 Å². The standard InChI is InChI=1S/C10H8F2N2O2/c11-8(12)4-14-9(15)6-2-1-5(13)3-7(6)10(14)16/h1-3,8H,4,13H2. The van der Waals surface area contributed by atoms with Gasteiger partial charge in [0.15, 0.2) is 0 Å². The maximum atomic E-state index is 12.2. The summed E-state index contributed by atoms with van der Waals surface area (Å²) in [4.78, 5) is 23.7. The SMILES string of the molecule is Nc1ccc2c(c1)C(=O)N(CC(F)F)C2=O. The summed E-state index contributed by atoms with van der Waals surface area (Å²) < 4.78 is 24.3. The molecule has 0 fully saturated rings. The first-order valence-corrected chi connectivity index (χ1v) is 4.54. The quantitative estimate of drug-likeness (QED) is 0.607. The number of imide groups is 1. The Kier molecular flexibility index (Phi) is 2.34. The lowest BCUT2D eigenvalue weighted by atomic mass is 10.1. The third-order valence-corrected chi connectivity index (χ3v) is 2.32. The molecule has 2 rings (SSSR count). The topological polar surface area (TPSA) is 63.4 Å². The van der Waals surface area contributed by atoms with Crippen LogP contribution >= 0.6 is 0 Å². The van der Waals surface area contributed by atoms with Crippen LogP contribution in [0, 0.1) is 0 Å². The average Bonchev–Trinajstić information content (AvgIpc) is 2.43. The molecular weight excluding hydrogens is 218 g/mol. The number of alkyl halides is 2. The molecule has 0 aromatic heterocycles. The predicted octanol–water partition coefficient (Wildman–Crippen LogP) is 1.13. The number of halogens is 2. The molecule has 84 valence electrons. The minimum atomic E-state index is -2.74. The van der Waals surface area contributed by atoms with Crippen molar-refractivity contribution in [3.8, 4) is 0 Å². The maximum absolute atomic E-state index is 12.2. The van der Waals surface area contributed by atoms with Crippen LogP contribution in [-0.2, 0) is 0 Å². The fourth-order valence-corrected chi connectivity index (χ4v) is 1.61. The molecule has 2 N–H and O–H groups in total. The van der Waals surface area contributed by atoms with Crippen molar-refractivity contribution in [2.24, 2.45) is 0 Å². The van der Waals surface area contributed by atoms with Crippen LogP contribution in [0.3, 0.4) is 0 Å². The Morgan fingerprint density at radius 1 is 1.19 bits per heavy atom. The summed E-state index contributed by atoms with van der Waals surface area (Å²) in [5, 5.41) is 0. The van der Waals surface area contributed by atoms with Gasteiger partial charge >= 0.3 is 0 Å². The van der Waals surface area contributed by atoms with E-state index in [-0.39, 0.29) is 11.1 Å². The normalized spacial score (nSPS) is 14.8. The molecule has 0 spiro atoms. The zero-order chi connectivity index (χ0) is 11.9. The predicted molar refractivity (Wildman–Crippen MR) is 52.2 cm³/mol. The highest BCUT2D eigenvalue weighted by atomic mass is 19.3. The van der Waals surface area contributed by atoms with Crippen molar-refractivity contribution >= 4 is 17.5 Å². The summed E-state index contributed by atoms with van der Waals surface area (Å²) in [7, 11) is 0. The van der Waals surface area contributed by atoms with E-state index in [1.807, 2.05) is 0 Å². The van der Waals surface area contributed by atoms with Crippen LogP contribution in [0.2, 0.25) is 0 Å². The van der Waals surface area contributed by atoms with Gasteiger partial charge in [0.05, 0.1) is 17.7 Å². The molecule has 16 heavy (non-hydrogen) atoms. The molecule has 0 atom stereocenters. The number of carbonyl (C=O) groups excluding carboxylic acids is 2. The van der Waals surface area contributed by atoms with Gasteiger partial charge in [0.1, 0.15) is 0 Å². The van der Waals surface area contributed by atoms with Crippen LogP contribution in [0.1, 0.15) is 20.7 Å². The first-order valence-electron chi connectivity index (χ1n) is 4.54. The number of hydrogen-bond acceptors (Lipinski definition) is 3. The number of anilines is 1. The zero-order valence-electron chi connectivity index (χ0n) is 8.11. The average molecular weight is 226 g/mol. The van der Waals surface area contributed by atoms with Crippen LogP contribution in [0.5, 0.6) is 0 Å². The fraction of sp³-hybridized carbons (Fsp3) is 0.200. The molecular formula is C10H8F2N2O2. The van der Waals surface area contributed by atoms with E-state index < -0.39 is 24.8 Å². The number of nitrogens with zero attached hydrogens (tertiary/aromatic N) is 1. The van der Waals surface area contributed by atoms with E-state index in [1.165, 1.54) is 18.2 Å². The molecule has 1 aromatic rings. The monoisotopic (exact) mass is 226 g/mol. The third kappa shape index (κ3) is 1.52. The summed E-state index contributed by atoms with van der Waals surface area (Å²) in [6.07, 6.45) is -2.74. The Bertz CT molecular complexity index is 474. The number of rotatable bonds is 2. The van der Waals surface area contributed by atoms with Crippen LogP contribution in [0.15, 0.2) is 18.2 Å². The maximum Gasteiger partial charge on any atom is 0.261 e. The summed E-state index contributed by atoms with van der Waals surface area (Å²) in [5.74, 6) is -1.41. The van der Waals surface area contributed by atoms with Gasteiger partial charge in [-0.1, -0.05) is 0 Å². The second kappa shape index (κ2) is 3.55. The van der Waals surface area contributed by atoms with Crippen molar-refractivity contribution in [2.75, 3.05) is 12.3 Å². The summed E-state index contributed by atoms with van der Waals surface area (Å²) in [6, 6.07) is 4.15. The van der Waals surface area contributed by atoms with Crippen molar-refractivity contribution < 1.29 is 18.4 Å². The van der Waals surface area contributed by atoms with Crippen molar-refractivity contribution in [1.82, 2.24) is 4.90 Å². The number of amides is 2. The van der Waals surface area contributed by atoms with E-state index in [0.29, 0.717) is 10.6 Å². The van der Waals surface area contributed by atoms with E-state index in [4.69, 9.17) is 5.73 Å². The third-order valence-electron chi connectivity index (χ3n) is 2.32. The van der Waals surface area contributed by atoms with E-state index in [1.54, 1.807) is 0 Å². The molecule has 0 aliphatic carbocycles. The summed E-state index contributed by atoms with van der Waals surface area (Å²) in [5.41, 5.74) is 5.99. The Balaban J connectivity index is 2.40. The first-order chi connectivity index (χ1) is 7.50. The largest absolute Gasteiger partial charge is 0.399 e. The lowest BCUT2D eigenvalue weighted by molar-refractivity contribution is 0.0492. The number of benzene rings is 1. The van der Waals surface area contributed by atoms with Crippen LogP contribution in [-0.4, -0.2) is 29.7 Å². The fourth-order valence-electron chi connectivity index (χ4n) is 1.61. The minimum Gasteiger partial charge on any atom is -0.399 e. The lowest BCUT2D eigenvalue weighted by Gasteiger charge is -2.12. The Hall–Kier alpha value is -1.98. The van der Waals surface area contributed by atoms with Gasteiger partial charge in [-0.2, -0.15) is 0 Å². The van der Waals surface area contributed by atoms with E-state index in [2.05, 4.69) is 0 Å². The van der Waals surface area contributed by atoms with E-state index in [0.717, 1.165) is 0 Å². The molecule has 0 bridgehead atoms. The highest BCUT2D eigenvalue weighted by Gasteiger charge is 2.36. The molecule has 1 heterocycles. The highest BCUT2D eigenvalue weighted by molar-refractivity contribution is 6.21. The van der Waals surface area contributed by atoms with Gasteiger partial charge in [-0.05, 0) is 18.2 Å². The molecule has 6 heteroatoms. The van der Waals surface area contributed by atoms with Gasteiger partial charge < -0.3 is 5.73 Å². The Morgan fingerprint density at radius 3 is 2.44 bits per heavy atom. The summed E-state index contributed by atoms with van der Waals surface area (Å²) >= 11 is 0. The van der Waals surface area contributed by atoms with E-state index in [9.17, 15) is 18.4 Å². The number of nitrogen functional groups attached to an aromatic ring is 1. The molecule has 1 aromatic carbocycles. The van der Waals surface area contributed by atoms with Gasteiger partial charge in [0.2, 0.25) is 0 Å². The molecule has 0 unspecified atom stereocenters. The van der Waals surface area contributed by atoms with Gasteiger partial charge in [-0.25, -0.2) is 8.78 Å². The van der Waals surface area contributed by atoms with Crippen molar-refractivity contribution in [3.05, 3.63) is 29.3 Å². The second-order valence-corrected chi connectivity index (χ2v) is 3.42. The molecule has 0 saturated carbocycles. The van der Waals surface area contributed by atoms with E-state index >= 15 is 0 Å². The van der Waals surface area contributed by atoms with Gasteiger partial charge in [0.25, 0.3) is 18.2 Å². The number of hydrogen-bond donors (Lipinski definition) is 1. The van der Waals surface area contributed by atoms with Crippen LogP contribution < -0.4 is 5.73 Å². The number of carbonyl (C=O) groups is 2. The molecule has 0 saturated heterocycles. The first kappa shape index (κ1) is 10.5. The second-order valence-electron chi connectivity index (χ2n) is 3.42. The van der Waals surface area contributed by atoms with Crippen molar-refractivity contribution in [3.63, 3.8) is 0 Å². The van der Waals surface area contributed by atoms with Crippen LogP contribution in [0.25, 0.3) is 0 Å². The number of nitrogens with two attached hydrogens (primary N) is 1. The summed E-state index contributed by atoms with van der Waals surface area (Å²) in [6.45, 7) is -0.883. The van der Waals surface area contributed by atoms with Gasteiger partial charge in [-0.3, -0.25) is 14.5 Å². The smallest absolute Gasteiger partial charge is 0.261 e. The molecule has 2 amide bonds. The zero-order valence-corrected chi connectivity index (χ0v) is 8.11. The molecule has 0 radical (unpaired) electrons. The minimum absolute atomic E-state index is 0.0886. The van der Waals surface area contributed by atoms with Crippen molar-refractivity contribution in [1.29, 1.82) is 0 Å². The van der Waals surface area contributed by atoms with Crippen LogP contribution in [0.4, 0.5) is 14.5 Å². The molecule has 4 nitrogen and oxygen atoms in total. The van der Waals surface area contributed by atoms with Crippen molar-refractivity contribution in [2.45, 2.75) is 6.43 Å². The Morgan fingerprint density at radius 2 is 1.81 bits per heavy atom. The molecule has 1 aliphatic heterocycles. The molecule has 1 aliphatic rings.